The number of nitrogens with one attached hydrogen (secondary N) is 3. The zero-order valence-electron chi connectivity index (χ0n) is 14.9. The van der Waals surface area contributed by atoms with E-state index in [1.54, 1.807) is 0 Å². The number of rotatable bonds is 12. The highest BCUT2D eigenvalue weighted by Gasteiger charge is 2.32. The van der Waals surface area contributed by atoms with E-state index >= 15 is 0 Å². The number of carbonyl (C=O) groups is 5. The molecule has 28 heavy (non-hydrogen) atoms. The Balaban J connectivity index is 5.21. The summed E-state index contributed by atoms with van der Waals surface area (Å²) in [5, 5.41) is 42.5. The molecular formula is C14H24N4O9S. The summed E-state index contributed by atoms with van der Waals surface area (Å²) >= 11 is 3.80. The Morgan fingerprint density at radius 3 is 1.86 bits per heavy atom. The summed E-state index contributed by atoms with van der Waals surface area (Å²) in [4.78, 5) is 58.0. The first-order valence-electron chi connectivity index (χ1n) is 7.95. The molecule has 0 rings (SSSR count). The van der Waals surface area contributed by atoms with E-state index in [4.69, 9.17) is 15.9 Å². The fourth-order valence-corrected chi connectivity index (χ4v) is 2.02. The van der Waals surface area contributed by atoms with Crippen LogP contribution < -0.4 is 21.7 Å². The smallest absolute Gasteiger partial charge is 0.328 e. The van der Waals surface area contributed by atoms with Crippen LogP contribution in [0.3, 0.4) is 0 Å². The van der Waals surface area contributed by atoms with Crippen LogP contribution in [-0.4, -0.2) is 92.7 Å². The summed E-state index contributed by atoms with van der Waals surface area (Å²) < 4.78 is 0. The number of nitrogens with two attached hydrogens (primary N) is 1. The largest absolute Gasteiger partial charge is 0.481 e. The Hall–Kier alpha value is -2.42. The minimum absolute atomic E-state index is 0.0785. The molecular weight excluding hydrogens is 400 g/mol. The molecule has 3 amide bonds. The fraction of sp³-hybridized carbons (Fsp3) is 0.643. The zero-order valence-corrected chi connectivity index (χ0v) is 15.8. The lowest BCUT2D eigenvalue weighted by atomic mass is 10.1. The van der Waals surface area contributed by atoms with Crippen LogP contribution in [0.15, 0.2) is 0 Å². The molecule has 5 unspecified atom stereocenters. The minimum atomic E-state index is -1.71. The van der Waals surface area contributed by atoms with Gasteiger partial charge in [-0.1, -0.05) is 0 Å². The van der Waals surface area contributed by atoms with Gasteiger partial charge in [0.05, 0.1) is 25.2 Å². The summed E-state index contributed by atoms with van der Waals surface area (Å²) in [5.74, 6) is -6.20. The molecule has 9 N–H and O–H groups in total. The Morgan fingerprint density at radius 1 is 0.964 bits per heavy atom. The van der Waals surface area contributed by atoms with Gasteiger partial charge in [-0.3, -0.25) is 19.2 Å². The number of hydrogen-bond donors (Lipinski definition) is 9. The van der Waals surface area contributed by atoms with E-state index in [9.17, 15) is 34.2 Å². The van der Waals surface area contributed by atoms with Crippen molar-refractivity contribution in [3.05, 3.63) is 0 Å². The molecule has 0 saturated carbocycles. The summed E-state index contributed by atoms with van der Waals surface area (Å²) in [7, 11) is 0. The van der Waals surface area contributed by atoms with E-state index < -0.39 is 73.0 Å². The van der Waals surface area contributed by atoms with Crippen molar-refractivity contribution in [2.24, 2.45) is 5.73 Å². The van der Waals surface area contributed by atoms with Crippen LogP contribution in [0.5, 0.6) is 0 Å². The average molecular weight is 424 g/mol. The van der Waals surface area contributed by atoms with Crippen molar-refractivity contribution in [2.45, 2.75) is 43.6 Å². The molecule has 5 atom stereocenters. The second-order valence-electron chi connectivity index (χ2n) is 5.76. The number of carboxylic acids is 2. The van der Waals surface area contributed by atoms with Crippen LogP contribution in [0, 0.1) is 0 Å². The molecule has 0 spiro atoms. The molecule has 0 aromatic heterocycles. The lowest BCUT2D eigenvalue weighted by Gasteiger charge is -2.24. The summed E-state index contributed by atoms with van der Waals surface area (Å²) in [5.41, 5.74) is 5.43. The van der Waals surface area contributed by atoms with Crippen LogP contribution in [0.1, 0.15) is 13.3 Å². The van der Waals surface area contributed by atoms with E-state index in [0.717, 1.165) is 6.92 Å². The fourth-order valence-electron chi connectivity index (χ4n) is 1.85. The number of aliphatic hydroxyl groups excluding tert-OH is 2. The number of aliphatic carboxylic acids is 2. The van der Waals surface area contributed by atoms with Gasteiger partial charge < -0.3 is 42.1 Å². The number of carboxylic acid groups (broad SMARTS) is 2. The maximum Gasteiger partial charge on any atom is 0.328 e. The second kappa shape index (κ2) is 12.1. The van der Waals surface area contributed by atoms with Gasteiger partial charge in [-0.2, -0.15) is 12.6 Å². The van der Waals surface area contributed by atoms with Gasteiger partial charge >= 0.3 is 11.9 Å². The monoisotopic (exact) mass is 424 g/mol. The average Bonchev–Trinajstić information content (AvgIpc) is 2.61. The van der Waals surface area contributed by atoms with E-state index in [1.807, 2.05) is 10.6 Å². The van der Waals surface area contributed by atoms with E-state index in [2.05, 4.69) is 17.9 Å². The molecule has 14 heteroatoms. The lowest BCUT2D eigenvalue weighted by Crippen LogP contribution is -2.59. The van der Waals surface area contributed by atoms with Crippen LogP contribution in [-0.2, 0) is 24.0 Å². The van der Waals surface area contributed by atoms with Gasteiger partial charge in [-0.15, -0.1) is 0 Å². The highest BCUT2D eigenvalue weighted by atomic mass is 32.1. The molecule has 160 valence electrons. The van der Waals surface area contributed by atoms with Gasteiger partial charge in [-0.25, -0.2) is 4.79 Å². The SMILES string of the molecule is CC(O)C(NC(=O)C(CO)NC(=O)C(CC(=O)O)NC(=O)C(N)CS)C(=O)O. The first kappa shape index (κ1) is 25.6. The Morgan fingerprint density at radius 2 is 1.46 bits per heavy atom. The molecule has 0 aromatic rings. The maximum absolute atomic E-state index is 12.2. The maximum atomic E-state index is 12.2. The number of amides is 3. The number of aliphatic hydroxyl groups is 2. The van der Waals surface area contributed by atoms with Crippen molar-refractivity contribution >= 4 is 42.3 Å². The third-order valence-corrected chi connectivity index (χ3v) is 3.80. The van der Waals surface area contributed by atoms with Crippen molar-refractivity contribution in [1.29, 1.82) is 0 Å². The molecule has 0 fully saturated rings. The van der Waals surface area contributed by atoms with Gasteiger partial charge in [0.1, 0.15) is 12.1 Å². The normalized spacial score (nSPS) is 16.0. The van der Waals surface area contributed by atoms with Crippen molar-refractivity contribution in [3.8, 4) is 0 Å². The zero-order chi connectivity index (χ0) is 22.0. The Kier molecular flexibility index (Phi) is 11.1. The predicted octanol–water partition coefficient (Wildman–Crippen LogP) is -4.37. The predicted molar refractivity (Wildman–Crippen MR) is 96.3 cm³/mol. The topological polar surface area (TPSA) is 228 Å². The van der Waals surface area contributed by atoms with Crippen LogP contribution >= 0.6 is 12.6 Å². The molecule has 0 aliphatic rings. The Labute approximate surface area is 165 Å². The van der Waals surface area contributed by atoms with E-state index in [-0.39, 0.29) is 5.75 Å². The van der Waals surface area contributed by atoms with Gasteiger partial charge in [0, 0.05) is 5.75 Å². The van der Waals surface area contributed by atoms with E-state index in [0.29, 0.717) is 0 Å². The van der Waals surface area contributed by atoms with Crippen molar-refractivity contribution < 1.29 is 44.4 Å². The summed E-state index contributed by atoms with van der Waals surface area (Å²) in [6.07, 6.45) is -2.32. The van der Waals surface area contributed by atoms with Gasteiger partial charge in [0.2, 0.25) is 17.7 Å². The number of hydrogen-bond acceptors (Lipinski definition) is 9. The number of thiol groups is 1. The molecule has 0 aliphatic heterocycles. The first-order chi connectivity index (χ1) is 12.9. The third-order valence-electron chi connectivity index (χ3n) is 3.41. The van der Waals surface area contributed by atoms with Gasteiger partial charge in [0.25, 0.3) is 0 Å². The molecule has 13 nitrogen and oxygen atoms in total. The summed E-state index contributed by atoms with van der Waals surface area (Å²) in [6, 6.07) is -6.11. The molecule has 0 aliphatic carbocycles. The summed E-state index contributed by atoms with van der Waals surface area (Å²) in [6.45, 7) is 0.141. The van der Waals surface area contributed by atoms with Crippen molar-refractivity contribution in [2.75, 3.05) is 12.4 Å². The highest BCUT2D eigenvalue weighted by Crippen LogP contribution is 1.99. The molecule has 0 heterocycles. The van der Waals surface area contributed by atoms with Crippen LogP contribution in [0.4, 0.5) is 0 Å². The standard InChI is InChI=1S/C14H24N4O9S/c1-5(20)10(14(26)27)18-13(25)8(3-19)17-12(24)7(2-9(21)22)16-11(23)6(15)4-28/h5-8,10,19-20,28H,2-4,15H2,1H3,(H,16,23)(H,17,24)(H,18,25)(H,21,22)(H,26,27). The first-order valence-corrected chi connectivity index (χ1v) is 8.58. The van der Waals surface area contributed by atoms with Crippen molar-refractivity contribution in [3.63, 3.8) is 0 Å². The molecule has 0 bridgehead atoms. The lowest BCUT2D eigenvalue weighted by molar-refractivity contribution is -0.146. The highest BCUT2D eigenvalue weighted by molar-refractivity contribution is 7.80. The molecule has 0 saturated heterocycles. The third kappa shape index (κ3) is 8.51. The quantitative estimate of drug-likeness (QED) is 0.137. The van der Waals surface area contributed by atoms with Gasteiger partial charge in [0.15, 0.2) is 6.04 Å². The van der Waals surface area contributed by atoms with E-state index in [1.165, 1.54) is 0 Å². The minimum Gasteiger partial charge on any atom is -0.481 e. The van der Waals surface area contributed by atoms with Crippen molar-refractivity contribution in [1.82, 2.24) is 16.0 Å². The molecule has 0 radical (unpaired) electrons. The van der Waals surface area contributed by atoms with Crippen LogP contribution in [0.25, 0.3) is 0 Å². The Bertz CT molecular complexity index is 601. The molecule has 0 aromatic carbocycles. The van der Waals surface area contributed by atoms with Gasteiger partial charge in [-0.05, 0) is 6.92 Å². The second-order valence-corrected chi connectivity index (χ2v) is 6.12. The van der Waals surface area contributed by atoms with Crippen LogP contribution in [0.2, 0.25) is 0 Å². The number of carbonyl (C=O) groups excluding carboxylic acids is 3.